The van der Waals surface area contributed by atoms with Crippen LogP contribution in [0.2, 0.25) is 0 Å². The number of halogens is 2. The van der Waals surface area contributed by atoms with Crippen molar-refractivity contribution in [2.24, 2.45) is 0 Å². The largest absolute Gasteiger partial charge is 0.436 e. The molecule has 0 atom stereocenters. The fourth-order valence-electron chi connectivity index (χ4n) is 1.41. The van der Waals surface area contributed by atoms with Gasteiger partial charge in [-0.1, -0.05) is 18.2 Å². The van der Waals surface area contributed by atoms with Crippen LogP contribution in [0.15, 0.2) is 36.5 Å². The molecule has 88 valence electrons. The molecule has 0 spiro atoms. The first-order valence-corrected chi connectivity index (χ1v) is 5.68. The number of benzene rings is 1. The summed E-state index contributed by atoms with van der Waals surface area (Å²) in [5.41, 5.74) is 1.30. The van der Waals surface area contributed by atoms with Crippen LogP contribution in [0.5, 0.6) is 11.6 Å². The monoisotopic (exact) mass is 251 g/mol. The normalized spacial score (nSPS) is 10.3. The van der Waals surface area contributed by atoms with Gasteiger partial charge in [-0.15, -0.1) is 11.6 Å². The fraction of sp³-hybridized carbons (Fsp3) is 0.154. The molecule has 0 bridgehead atoms. The topological polar surface area (TPSA) is 22.1 Å². The number of aromatic nitrogens is 1. The molecule has 1 aromatic heterocycles. The highest BCUT2D eigenvalue weighted by atomic mass is 35.5. The highest BCUT2D eigenvalue weighted by Crippen LogP contribution is 2.26. The van der Waals surface area contributed by atoms with Crippen LogP contribution in [-0.4, -0.2) is 4.98 Å². The highest BCUT2D eigenvalue weighted by Gasteiger charge is 2.11. The third kappa shape index (κ3) is 2.56. The molecule has 1 aromatic carbocycles. The summed E-state index contributed by atoms with van der Waals surface area (Å²) in [6.07, 6.45) is 1.48. The summed E-state index contributed by atoms with van der Waals surface area (Å²) in [6, 6.07) is 8.91. The summed E-state index contributed by atoms with van der Waals surface area (Å²) in [6.45, 7) is 1.89. The fourth-order valence-corrected chi connectivity index (χ4v) is 1.62. The van der Waals surface area contributed by atoms with Crippen LogP contribution >= 0.6 is 11.6 Å². The van der Waals surface area contributed by atoms with Crippen molar-refractivity contribution in [3.8, 4) is 11.6 Å². The average Bonchev–Trinajstić information content (AvgIpc) is 2.34. The van der Waals surface area contributed by atoms with E-state index in [1.807, 2.05) is 25.1 Å². The zero-order valence-electron chi connectivity index (χ0n) is 9.28. The van der Waals surface area contributed by atoms with Crippen molar-refractivity contribution in [2.75, 3.05) is 0 Å². The minimum atomic E-state index is -0.509. The van der Waals surface area contributed by atoms with E-state index in [0.717, 1.165) is 5.56 Å². The molecular weight excluding hydrogens is 241 g/mol. The van der Waals surface area contributed by atoms with Crippen molar-refractivity contribution in [3.05, 3.63) is 53.5 Å². The predicted octanol–water partition coefficient (Wildman–Crippen LogP) is 4.06. The number of nitrogens with zero attached hydrogens (tertiary/aromatic N) is 1. The molecule has 2 aromatic rings. The number of pyridine rings is 1. The number of rotatable bonds is 3. The minimum absolute atomic E-state index is 0.0440. The standard InChI is InChI=1S/C13H11ClFNO/c1-9-4-2-3-5-11(9)17-13-12(15)10(8-14)6-7-16-13/h2-7H,8H2,1H3. The maximum absolute atomic E-state index is 13.8. The summed E-state index contributed by atoms with van der Waals surface area (Å²) >= 11 is 5.62. The molecule has 0 fully saturated rings. The molecule has 0 saturated heterocycles. The molecule has 0 aliphatic rings. The van der Waals surface area contributed by atoms with Gasteiger partial charge in [-0.05, 0) is 24.6 Å². The zero-order valence-corrected chi connectivity index (χ0v) is 10.0. The number of hydrogen-bond acceptors (Lipinski definition) is 2. The number of para-hydroxylation sites is 1. The molecule has 0 aliphatic heterocycles. The third-order valence-electron chi connectivity index (χ3n) is 2.38. The summed E-state index contributed by atoms with van der Waals surface area (Å²) in [7, 11) is 0. The highest BCUT2D eigenvalue weighted by molar-refractivity contribution is 6.17. The van der Waals surface area contributed by atoms with Crippen molar-refractivity contribution in [3.63, 3.8) is 0 Å². The van der Waals surface area contributed by atoms with E-state index in [9.17, 15) is 4.39 Å². The van der Waals surface area contributed by atoms with E-state index >= 15 is 0 Å². The number of aryl methyl sites for hydroxylation is 1. The molecule has 0 aliphatic carbocycles. The van der Waals surface area contributed by atoms with Crippen LogP contribution in [0.3, 0.4) is 0 Å². The molecule has 0 N–H and O–H groups in total. The van der Waals surface area contributed by atoms with Crippen molar-refractivity contribution >= 4 is 11.6 Å². The summed E-state index contributed by atoms with van der Waals surface area (Å²) in [4.78, 5) is 3.87. The molecule has 2 nitrogen and oxygen atoms in total. The van der Waals surface area contributed by atoms with Gasteiger partial charge in [0.05, 0.1) is 5.88 Å². The first-order chi connectivity index (χ1) is 8.22. The van der Waals surface area contributed by atoms with Crippen molar-refractivity contribution in [1.29, 1.82) is 0 Å². The van der Waals surface area contributed by atoms with Crippen LogP contribution < -0.4 is 4.74 Å². The molecule has 0 saturated carbocycles. The summed E-state index contributed by atoms with van der Waals surface area (Å²) in [5, 5.41) is 0. The Morgan fingerprint density at radius 1 is 1.29 bits per heavy atom. The first kappa shape index (κ1) is 11.9. The third-order valence-corrected chi connectivity index (χ3v) is 2.67. The van der Waals surface area contributed by atoms with E-state index in [1.165, 1.54) is 12.3 Å². The van der Waals surface area contributed by atoms with E-state index in [-0.39, 0.29) is 11.8 Å². The van der Waals surface area contributed by atoms with Crippen molar-refractivity contribution in [2.45, 2.75) is 12.8 Å². The van der Waals surface area contributed by atoms with E-state index in [4.69, 9.17) is 16.3 Å². The summed E-state index contributed by atoms with van der Waals surface area (Å²) in [5.74, 6) is 0.132. The van der Waals surface area contributed by atoms with E-state index < -0.39 is 5.82 Å². The number of ether oxygens (including phenoxy) is 1. The van der Waals surface area contributed by atoms with Gasteiger partial charge < -0.3 is 4.74 Å². The van der Waals surface area contributed by atoms with Crippen LogP contribution in [0.4, 0.5) is 4.39 Å². The lowest BCUT2D eigenvalue weighted by molar-refractivity contribution is 0.418. The molecule has 0 unspecified atom stereocenters. The first-order valence-electron chi connectivity index (χ1n) is 5.15. The Labute approximate surface area is 104 Å². The Kier molecular flexibility index (Phi) is 3.59. The maximum atomic E-state index is 13.8. The lowest BCUT2D eigenvalue weighted by atomic mass is 10.2. The van der Waals surface area contributed by atoms with Gasteiger partial charge in [0.15, 0.2) is 5.82 Å². The lowest BCUT2D eigenvalue weighted by Crippen LogP contribution is -1.96. The summed E-state index contributed by atoms with van der Waals surface area (Å²) < 4.78 is 19.3. The van der Waals surface area contributed by atoms with Gasteiger partial charge in [-0.25, -0.2) is 9.37 Å². The van der Waals surface area contributed by atoms with Crippen molar-refractivity contribution < 1.29 is 9.13 Å². The SMILES string of the molecule is Cc1ccccc1Oc1nccc(CCl)c1F. The lowest BCUT2D eigenvalue weighted by Gasteiger charge is -2.09. The van der Waals surface area contributed by atoms with Gasteiger partial charge in [0.2, 0.25) is 0 Å². The molecular formula is C13H11ClFNO. The Balaban J connectivity index is 2.34. The van der Waals surface area contributed by atoms with Gasteiger partial charge in [0.25, 0.3) is 5.88 Å². The quantitative estimate of drug-likeness (QED) is 0.768. The van der Waals surface area contributed by atoms with Crippen LogP contribution in [0.1, 0.15) is 11.1 Å². The molecule has 17 heavy (non-hydrogen) atoms. The zero-order chi connectivity index (χ0) is 12.3. The maximum Gasteiger partial charge on any atom is 0.256 e. The Morgan fingerprint density at radius 3 is 2.76 bits per heavy atom. The van der Waals surface area contributed by atoms with Crippen LogP contribution in [0, 0.1) is 12.7 Å². The molecule has 4 heteroatoms. The number of alkyl halides is 1. The second kappa shape index (κ2) is 5.15. The number of hydrogen-bond donors (Lipinski definition) is 0. The molecule has 0 amide bonds. The van der Waals surface area contributed by atoms with Gasteiger partial charge in [-0.3, -0.25) is 0 Å². The van der Waals surface area contributed by atoms with E-state index in [0.29, 0.717) is 11.3 Å². The van der Waals surface area contributed by atoms with Crippen LogP contribution in [-0.2, 0) is 5.88 Å². The van der Waals surface area contributed by atoms with Gasteiger partial charge in [0, 0.05) is 11.8 Å². The van der Waals surface area contributed by atoms with E-state index in [1.54, 1.807) is 6.07 Å². The van der Waals surface area contributed by atoms with Gasteiger partial charge >= 0.3 is 0 Å². The van der Waals surface area contributed by atoms with Crippen LogP contribution in [0.25, 0.3) is 0 Å². The Hall–Kier alpha value is -1.61. The molecule has 0 radical (unpaired) electrons. The smallest absolute Gasteiger partial charge is 0.256 e. The van der Waals surface area contributed by atoms with E-state index in [2.05, 4.69) is 4.98 Å². The second-order valence-electron chi connectivity index (χ2n) is 3.59. The minimum Gasteiger partial charge on any atom is -0.436 e. The Morgan fingerprint density at radius 2 is 2.06 bits per heavy atom. The van der Waals surface area contributed by atoms with Gasteiger partial charge in [-0.2, -0.15) is 0 Å². The Bertz CT molecular complexity index is 531. The predicted molar refractivity (Wildman–Crippen MR) is 65.0 cm³/mol. The second-order valence-corrected chi connectivity index (χ2v) is 3.86. The molecule has 2 rings (SSSR count). The van der Waals surface area contributed by atoms with Gasteiger partial charge in [0.1, 0.15) is 5.75 Å². The van der Waals surface area contributed by atoms with Crippen molar-refractivity contribution in [1.82, 2.24) is 4.98 Å². The average molecular weight is 252 g/mol. The molecule has 1 heterocycles.